The molecule has 0 unspecified atom stereocenters. The second-order valence-electron chi connectivity index (χ2n) is 5.14. The van der Waals surface area contributed by atoms with E-state index in [0.717, 1.165) is 47.3 Å². The van der Waals surface area contributed by atoms with Gasteiger partial charge in [-0.25, -0.2) is 9.97 Å². The highest BCUT2D eigenvalue weighted by Gasteiger charge is 2.10. The number of nitrogens with one attached hydrogen (secondary N) is 1. The van der Waals surface area contributed by atoms with Gasteiger partial charge in [-0.2, -0.15) is 0 Å². The number of hydrogen-bond donors (Lipinski definition) is 1. The van der Waals surface area contributed by atoms with Gasteiger partial charge in [0.2, 0.25) is 0 Å². The summed E-state index contributed by atoms with van der Waals surface area (Å²) in [6.07, 6.45) is 2.72. The van der Waals surface area contributed by atoms with Gasteiger partial charge in [0.25, 0.3) is 0 Å². The summed E-state index contributed by atoms with van der Waals surface area (Å²) in [6.45, 7) is 7.28. The minimum Gasteiger partial charge on any atom is -0.370 e. The van der Waals surface area contributed by atoms with Crippen molar-refractivity contribution in [3.05, 3.63) is 51.9 Å². The number of benzene rings is 1. The van der Waals surface area contributed by atoms with Crippen LogP contribution in [0.15, 0.2) is 24.3 Å². The third-order valence-electron chi connectivity index (χ3n) is 3.41. The van der Waals surface area contributed by atoms with E-state index in [4.69, 9.17) is 16.6 Å². The summed E-state index contributed by atoms with van der Waals surface area (Å²) in [5.41, 5.74) is 3.40. The molecule has 112 valence electrons. The van der Waals surface area contributed by atoms with E-state index >= 15 is 0 Å². The monoisotopic (exact) mass is 303 g/mol. The molecule has 1 aromatic heterocycles. The Kier molecular flexibility index (Phi) is 5.57. The molecule has 0 aliphatic rings. The number of rotatable bonds is 6. The summed E-state index contributed by atoms with van der Waals surface area (Å²) in [5, 5.41) is 4.16. The Balaban J connectivity index is 2.29. The summed E-state index contributed by atoms with van der Waals surface area (Å²) < 4.78 is 0. The maximum atomic E-state index is 6.04. The molecule has 2 rings (SSSR count). The van der Waals surface area contributed by atoms with Gasteiger partial charge in [-0.1, -0.05) is 37.6 Å². The molecule has 21 heavy (non-hydrogen) atoms. The fourth-order valence-corrected chi connectivity index (χ4v) is 2.59. The normalized spacial score (nSPS) is 10.7. The second-order valence-corrected chi connectivity index (χ2v) is 5.58. The zero-order chi connectivity index (χ0) is 15.2. The first-order valence-electron chi connectivity index (χ1n) is 7.48. The maximum Gasteiger partial charge on any atom is 0.135 e. The van der Waals surface area contributed by atoms with Crippen molar-refractivity contribution in [2.75, 3.05) is 11.9 Å². The molecule has 0 radical (unpaired) electrons. The van der Waals surface area contributed by atoms with E-state index in [1.165, 1.54) is 5.56 Å². The van der Waals surface area contributed by atoms with Crippen LogP contribution in [-0.2, 0) is 12.8 Å². The van der Waals surface area contributed by atoms with Crippen molar-refractivity contribution in [1.82, 2.24) is 9.97 Å². The van der Waals surface area contributed by atoms with Gasteiger partial charge in [-0.05, 0) is 37.5 Å². The predicted octanol–water partition coefficient (Wildman–Crippen LogP) is 4.41. The summed E-state index contributed by atoms with van der Waals surface area (Å²) in [4.78, 5) is 9.34. The minimum absolute atomic E-state index is 0.701. The van der Waals surface area contributed by atoms with Crippen molar-refractivity contribution >= 4 is 17.4 Å². The molecule has 0 aliphatic carbocycles. The van der Waals surface area contributed by atoms with E-state index in [0.29, 0.717) is 6.42 Å². The van der Waals surface area contributed by atoms with Crippen molar-refractivity contribution in [3.63, 3.8) is 0 Å². The quantitative estimate of drug-likeness (QED) is 0.858. The molecule has 0 spiro atoms. The van der Waals surface area contributed by atoms with Crippen molar-refractivity contribution in [2.24, 2.45) is 0 Å². The van der Waals surface area contributed by atoms with E-state index in [1.807, 2.05) is 18.2 Å². The number of nitrogens with zero attached hydrogens (tertiary/aromatic N) is 2. The van der Waals surface area contributed by atoms with E-state index in [9.17, 15) is 0 Å². The molecular weight excluding hydrogens is 282 g/mol. The maximum absolute atomic E-state index is 6.04. The molecule has 1 aromatic carbocycles. The van der Waals surface area contributed by atoms with Gasteiger partial charge < -0.3 is 5.32 Å². The first kappa shape index (κ1) is 15.8. The van der Waals surface area contributed by atoms with Crippen LogP contribution in [0.1, 0.15) is 42.9 Å². The van der Waals surface area contributed by atoms with Crippen molar-refractivity contribution < 1.29 is 0 Å². The summed E-state index contributed by atoms with van der Waals surface area (Å²) in [7, 11) is 0. The highest BCUT2D eigenvalue weighted by molar-refractivity contribution is 6.30. The standard InChI is InChI=1S/C17H22ClN3/c1-4-9-19-17-15(5-2)12(3)20-16(21-17)11-13-7-6-8-14(18)10-13/h6-8,10H,4-5,9,11H2,1-3H3,(H,19,20,21). The van der Waals surface area contributed by atoms with Crippen LogP contribution < -0.4 is 5.32 Å². The molecular formula is C17H22ClN3. The van der Waals surface area contributed by atoms with Gasteiger partial charge in [-0.15, -0.1) is 0 Å². The van der Waals surface area contributed by atoms with Gasteiger partial charge in [-0.3, -0.25) is 0 Å². The van der Waals surface area contributed by atoms with E-state index in [2.05, 4.69) is 37.1 Å². The molecule has 4 heteroatoms. The zero-order valence-corrected chi connectivity index (χ0v) is 13.7. The van der Waals surface area contributed by atoms with Crippen LogP contribution in [0.25, 0.3) is 0 Å². The van der Waals surface area contributed by atoms with Crippen molar-refractivity contribution in [2.45, 2.75) is 40.0 Å². The summed E-state index contributed by atoms with van der Waals surface area (Å²) in [6, 6.07) is 7.86. The fourth-order valence-electron chi connectivity index (χ4n) is 2.38. The van der Waals surface area contributed by atoms with Crippen LogP contribution in [-0.4, -0.2) is 16.5 Å². The average Bonchev–Trinajstić information content (AvgIpc) is 2.45. The molecule has 1 N–H and O–H groups in total. The van der Waals surface area contributed by atoms with Crippen LogP contribution in [0.4, 0.5) is 5.82 Å². The minimum atomic E-state index is 0.701. The third-order valence-corrected chi connectivity index (χ3v) is 3.64. The van der Waals surface area contributed by atoms with Crippen LogP contribution in [0, 0.1) is 6.92 Å². The lowest BCUT2D eigenvalue weighted by molar-refractivity contribution is 0.886. The molecule has 3 nitrogen and oxygen atoms in total. The fraction of sp³-hybridized carbons (Fsp3) is 0.412. The van der Waals surface area contributed by atoms with Crippen LogP contribution in [0.5, 0.6) is 0 Å². The Labute approximate surface area is 131 Å². The van der Waals surface area contributed by atoms with Gasteiger partial charge in [0, 0.05) is 29.2 Å². The summed E-state index contributed by atoms with van der Waals surface area (Å²) >= 11 is 6.04. The van der Waals surface area contributed by atoms with E-state index in [-0.39, 0.29) is 0 Å². The first-order valence-corrected chi connectivity index (χ1v) is 7.86. The number of hydrogen-bond acceptors (Lipinski definition) is 3. The molecule has 0 fully saturated rings. The Morgan fingerprint density at radius 3 is 2.67 bits per heavy atom. The van der Waals surface area contributed by atoms with Gasteiger partial charge in [0.05, 0.1) is 0 Å². The summed E-state index contributed by atoms with van der Waals surface area (Å²) in [5.74, 6) is 1.81. The highest BCUT2D eigenvalue weighted by Crippen LogP contribution is 2.19. The van der Waals surface area contributed by atoms with Crippen LogP contribution in [0.3, 0.4) is 0 Å². The van der Waals surface area contributed by atoms with E-state index < -0.39 is 0 Å². The Hall–Kier alpha value is -1.61. The lowest BCUT2D eigenvalue weighted by Gasteiger charge is -2.13. The Morgan fingerprint density at radius 1 is 1.19 bits per heavy atom. The molecule has 0 amide bonds. The molecule has 0 atom stereocenters. The van der Waals surface area contributed by atoms with Crippen molar-refractivity contribution in [3.8, 4) is 0 Å². The molecule has 0 bridgehead atoms. The smallest absolute Gasteiger partial charge is 0.135 e. The second kappa shape index (κ2) is 7.41. The molecule has 0 saturated heterocycles. The highest BCUT2D eigenvalue weighted by atomic mass is 35.5. The van der Waals surface area contributed by atoms with Gasteiger partial charge in [0.15, 0.2) is 0 Å². The Morgan fingerprint density at radius 2 is 2.00 bits per heavy atom. The molecule has 2 aromatic rings. The predicted molar refractivity (Wildman–Crippen MR) is 89.2 cm³/mol. The van der Waals surface area contributed by atoms with E-state index in [1.54, 1.807) is 0 Å². The van der Waals surface area contributed by atoms with Gasteiger partial charge >= 0.3 is 0 Å². The largest absolute Gasteiger partial charge is 0.370 e. The SMILES string of the molecule is CCCNc1nc(Cc2cccc(Cl)c2)nc(C)c1CC. The van der Waals surface area contributed by atoms with Gasteiger partial charge in [0.1, 0.15) is 11.6 Å². The topological polar surface area (TPSA) is 37.8 Å². The lowest BCUT2D eigenvalue weighted by Crippen LogP contribution is -2.11. The van der Waals surface area contributed by atoms with Crippen molar-refractivity contribution in [1.29, 1.82) is 0 Å². The number of aryl methyl sites for hydroxylation is 1. The lowest BCUT2D eigenvalue weighted by atomic mass is 10.1. The molecule has 1 heterocycles. The number of aromatic nitrogens is 2. The van der Waals surface area contributed by atoms with Crippen LogP contribution in [0.2, 0.25) is 5.02 Å². The average molecular weight is 304 g/mol. The number of halogens is 1. The molecule has 0 saturated carbocycles. The zero-order valence-electron chi connectivity index (χ0n) is 12.9. The number of anilines is 1. The molecule has 0 aliphatic heterocycles. The first-order chi connectivity index (χ1) is 10.1. The van der Waals surface area contributed by atoms with Crippen LogP contribution >= 0.6 is 11.6 Å². The Bertz CT molecular complexity index is 611. The third kappa shape index (κ3) is 4.18.